The van der Waals surface area contributed by atoms with Crippen LogP contribution in [0.1, 0.15) is 28.4 Å². The van der Waals surface area contributed by atoms with Crippen LogP contribution in [-0.2, 0) is 26.1 Å². The van der Waals surface area contributed by atoms with Gasteiger partial charge in [-0.15, -0.1) is 0 Å². The monoisotopic (exact) mass is 446 g/mol. The van der Waals surface area contributed by atoms with Gasteiger partial charge in [0.25, 0.3) is 5.56 Å². The van der Waals surface area contributed by atoms with Gasteiger partial charge < -0.3 is 4.57 Å². The predicted octanol–water partition coefficient (Wildman–Crippen LogP) is 4.30. The van der Waals surface area contributed by atoms with Crippen LogP contribution in [0.5, 0.6) is 0 Å². The van der Waals surface area contributed by atoms with E-state index in [9.17, 15) is 26.7 Å². The number of fused-ring (bicyclic) bond motifs is 2. The van der Waals surface area contributed by atoms with Crippen LogP contribution >= 0.6 is 0 Å². The van der Waals surface area contributed by atoms with Crippen LogP contribution in [0.4, 0.5) is 22.0 Å². The molecule has 0 amide bonds. The average molecular weight is 446 g/mol. The summed E-state index contributed by atoms with van der Waals surface area (Å²) in [4.78, 5) is 21.9. The molecule has 0 fully saturated rings. The Morgan fingerprint density at radius 2 is 1.75 bits per heavy atom. The molecular weight excluding hydrogens is 431 g/mol. The molecule has 0 saturated carbocycles. The van der Waals surface area contributed by atoms with Crippen LogP contribution in [0, 0.1) is 11.6 Å². The minimum Gasteiger partial charge on any atom is -0.318 e. The summed E-state index contributed by atoms with van der Waals surface area (Å²) in [6.07, 6.45) is -2.48. The summed E-state index contributed by atoms with van der Waals surface area (Å²) >= 11 is 0. The number of alkyl halides is 3. The maximum atomic E-state index is 14.0. The Morgan fingerprint density at radius 3 is 2.47 bits per heavy atom. The standard InChI is InChI=1S/C22H15F5N4O/c1-30-10-28-18-20(30)29-19(31(21(18)32)15-4-5-16(23)17(24)9-15)13-6-11-2-3-14(22(25,26)27)8-12(11)7-13/h2-5,8-10,13H,6-7H2,1H3. The van der Waals surface area contributed by atoms with E-state index >= 15 is 0 Å². The van der Waals surface area contributed by atoms with Gasteiger partial charge in [0.2, 0.25) is 0 Å². The zero-order valence-electron chi connectivity index (χ0n) is 16.6. The highest BCUT2D eigenvalue weighted by atomic mass is 19.4. The zero-order chi connectivity index (χ0) is 22.8. The van der Waals surface area contributed by atoms with Crippen molar-refractivity contribution < 1.29 is 22.0 Å². The van der Waals surface area contributed by atoms with Gasteiger partial charge in [-0.3, -0.25) is 9.36 Å². The molecular formula is C22H15F5N4O. The third-order valence-corrected chi connectivity index (χ3v) is 5.75. The van der Waals surface area contributed by atoms with E-state index in [1.807, 2.05) is 0 Å². The summed E-state index contributed by atoms with van der Waals surface area (Å²) in [6, 6.07) is 6.62. The minimum absolute atomic E-state index is 0.0517. The Labute approximate surface area is 177 Å². The lowest BCUT2D eigenvalue weighted by Crippen LogP contribution is -2.26. The van der Waals surface area contributed by atoms with Crippen LogP contribution in [0.25, 0.3) is 16.9 Å². The third kappa shape index (κ3) is 3.17. The van der Waals surface area contributed by atoms with Crippen LogP contribution in [0.2, 0.25) is 0 Å². The number of nitrogens with zero attached hydrogens (tertiary/aromatic N) is 4. The van der Waals surface area contributed by atoms with Gasteiger partial charge in [-0.25, -0.2) is 18.7 Å². The van der Waals surface area contributed by atoms with Crippen molar-refractivity contribution in [1.82, 2.24) is 19.1 Å². The molecule has 2 heterocycles. The lowest BCUT2D eigenvalue weighted by Gasteiger charge is -2.17. The smallest absolute Gasteiger partial charge is 0.318 e. The van der Waals surface area contributed by atoms with Gasteiger partial charge >= 0.3 is 6.18 Å². The number of aromatic nitrogens is 4. The van der Waals surface area contributed by atoms with E-state index in [0.717, 1.165) is 29.8 Å². The Kier molecular flexibility index (Phi) is 4.44. The second-order valence-electron chi connectivity index (χ2n) is 7.82. The quantitative estimate of drug-likeness (QED) is 0.432. The molecule has 1 unspecified atom stereocenters. The maximum absolute atomic E-state index is 14.0. The molecule has 0 saturated heterocycles. The summed E-state index contributed by atoms with van der Waals surface area (Å²) in [5.74, 6) is -2.38. The lowest BCUT2D eigenvalue weighted by molar-refractivity contribution is -0.137. The highest BCUT2D eigenvalue weighted by Crippen LogP contribution is 2.38. The molecule has 2 aromatic carbocycles. The van der Waals surface area contributed by atoms with Crippen LogP contribution in [0.15, 0.2) is 47.5 Å². The van der Waals surface area contributed by atoms with Gasteiger partial charge in [0.15, 0.2) is 22.8 Å². The molecule has 5 nitrogen and oxygen atoms in total. The molecule has 0 spiro atoms. The molecule has 32 heavy (non-hydrogen) atoms. The molecule has 0 bridgehead atoms. The highest BCUT2D eigenvalue weighted by molar-refractivity contribution is 5.70. The van der Waals surface area contributed by atoms with E-state index in [2.05, 4.69) is 9.97 Å². The second-order valence-corrected chi connectivity index (χ2v) is 7.82. The Morgan fingerprint density at radius 1 is 1.00 bits per heavy atom. The van der Waals surface area contributed by atoms with Crippen LogP contribution in [0.3, 0.4) is 0 Å². The molecule has 1 aliphatic carbocycles. The molecule has 0 N–H and O–H groups in total. The molecule has 0 radical (unpaired) electrons. The van der Waals surface area contributed by atoms with E-state index in [0.29, 0.717) is 17.6 Å². The number of hydrogen-bond acceptors (Lipinski definition) is 3. The van der Waals surface area contributed by atoms with E-state index < -0.39 is 34.9 Å². The Hall–Kier alpha value is -3.56. The van der Waals surface area contributed by atoms with Crippen LogP contribution in [-0.4, -0.2) is 19.1 Å². The predicted molar refractivity (Wildman–Crippen MR) is 106 cm³/mol. The normalized spacial score (nSPS) is 16.0. The molecule has 5 rings (SSSR count). The average Bonchev–Trinajstić information content (AvgIpc) is 3.32. The van der Waals surface area contributed by atoms with Gasteiger partial charge in [-0.1, -0.05) is 6.07 Å². The number of rotatable bonds is 2. The molecule has 1 atom stereocenters. The van der Waals surface area contributed by atoms with E-state index in [1.54, 1.807) is 11.6 Å². The molecule has 164 valence electrons. The van der Waals surface area contributed by atoms with Gasteiger partial charge in [0.1, 0.15) is 5.82 Å². The van der Waals surface area contributed by atoms with Gasteiger partial charge in [0, 0.05) is 19.0 Å². The number of hydrogen-bond donors (Lipinski definition) is 0. The highest BCUT2D eigenvalue weighted by Gasteiger charge is 2.34. The topological polar surface area (TPSA) is 52.7 Å². The first-order valence-corrected chi connectivity index (χ1v) is 9.72. The lowest BCUT2D eigenvalue weighted by atomic mass is 10.0. The minimum atomic E-state index is -4.47. The van der Waals surface area contributed by atoms with Crippen molar-refractivity contribution in [2.24, 2.45) is 7.05 Å². The van der Waals surface area contributed by atoms with Gasteiger partial charge in [-0.2, -0.15) is 13.2 Å². The van der Waals surface area contributed by atoms with Gasteiger partial charge in [-0.05, 0) is 48.2 Å². The molecule has 10 heteroatoms. The first-order chi connectivity index (χ1) is 15.1. The van der Waals surface area contributed by atoms with Crippen molar-refractivity contribution in [2.45, 2.75) is 24.9 Å². The fourth-order valence-electron chi connectivity index (χ4n) is 4.20. The summed E-state index contributed by atoms with van der Waals surface area (Å²) < 4.78 is 69.6. The molecule has 0 aliphatic heterocycles. The Bertz CT molecular complexity index is 1440. The largest absolute Gasteiger partial charge is 0.416 e. The first-order valence-electron chi connectivity index (χ1n) is 9.72. The van der Waals surface area contributed by atoms with Crippen molar-refractivity contribution in [3.63, 3.8) is 0 Å². The SMILES string of the molecule is Cn1cnc2c(=O)n(-c3ccc(F)c(F)c3)c(C3Cc4ccc(C(F)(F)F)cc4C3)nc21. The fraction of sp³-hybridized carbons (Fsp3) is 0.227. The molecule has 1 aliphatic rings. The van der Waals surface area contributed by atoms with E-state index in [1.165, 1.54) is 23.0 Å². The Balaban J connectivity index is 1.68. The number of aryl methyl sites for hydroxylation is 1. The second kappa shape index (κ2) is 6.98. The van der Waals surface area contributed by atoms with E-state index in [-0.39, 0.29) is 23.4 Å². The molecule has 2 aromatic heterocycles. The van der Waals surface area contributed by atoms with E-state index in [4.69, 9.17) is 0 Å². The summed E-state index contributed by atoms with van der Waals surface area (Å²) in [6.45, 7) is 0. The number of benzene rings is 2. The summed E-state index contributed by atoms with van der Waals surface area (Å²) in [5.41, 5.74) is 0.344. The molecule has 4 aromatic rings. The first kappa shape index (κ1) is 20.3. The van der Waals surface area contributed by atoms with Crippen LogP contribution < -0.4 is 5.56 Å². The third-order valence-electron chi connectivity index (χ3n) is 5.75. The van der Waals surface area contributed by atoms with Gasteiger partial charge in [0.05, 0.1) is 17.6 Å². The fourth-order valence-corrected chi connectivity index (χ4v) is 4.20. The number of imidazole rings is 1. The van der Waals surface area contributed by atoms with Crippen molar-refractivity contribution in [3.8, 4) is 5.69 Å². The summed E-state index contributed by atoms with van der Waals surface area (Å²) in [7, 11) is 1.66. The summed E-state index contributed by atoms with van der Waals surface area (Å²) in [5, 5.41) is 0. The van der Waals surface area contributed by atoms with Crippen molar-refractivity contribution in [2.75, 3.05) is 0 Å². The zero-order valence-corrected chi connectivity index (χ0v) is 16.6. The van der Waals surface area contributed by atoms with Crippen molar-refractivity contribution in [1.29, 1.82) is 0 Å². The maximum Gasteiger partial charge on any atom is 0.416 e. The number of halogens is 5. The van der Waals surface area contributed by atoms with Crippen molar-refractivity contribution >= 4 is 11.2 Å². The van der Waals surface area contributed by atoms with Crippen molar-refractivity contribution in [3.05, 3.63) is 87.2 Å².